The van der Waals surface area contributed by atoms with Crippen molar-refractivity contribution >= 4 is 5.97 Å². The van der Waals surface area contributed by atoms with E-state index >= 15 is 0 Å². The van der Waals surface area contributed by atoms with Gasteiger partial charge in [0.2, 0.25) is 0 Å². The molecule has 70 valence electrons. The highest BCUT2D eigenvalue weighted by atomic mass is 16.5. The van der Waals surface area contributed by atoms with Gasteiger partial charge in [0.25, 0.3) is 0 Å². The predicted octanol–water partition coefficient (Wildman–Crippen LogP) is 2.48. The fourth-order valence-corrected chi connectivity index (χ4v) is 1.08. The molecule has 1 rings (SSSR count). The van der Waals surface area contributed by atoms with Crippen molar-refractivity contribution in [1.29, 1.82) is 0 Å². The summed E-state index contributed by atoms with van der Waals surface area (Å²) in [6.07, 6.45) is 0. The van der Waals surface area contributed by atoms with E-state index in [4.69, 9.17) is 4.74 Å². The molecular formula is C11H14O2. The van der Waals surface area contributed by atoms with E-state index in [9.17, 15) is 4.79 Å². The normalized spacial score (nSPS) is 9.77. The van der Waals surface area contributed by atoms with E-state index in [1.165, 1.54) is 5.56 Å². The van der Waals surface area contributed by atoms with Gasteiger partial charge in [0.05, 0.1) is 12.2 Å². The topological polar surface area (TPSA) is 26.3 Å². The molecule has 2 heteroatoms. The lowest BCUT2D eigenvalue weighted by Crippen LogP contribution is -2.04. The van der Waals surface area contributed by atoms with Crippen molar-refractivity contribution < 1.29 is 9.53 Å². The van der Waals surface area contributed by atoms with Gasteiger partial charge in [-0.15, -0.1) is 0 Å². The number of hydrogen-bond donors (Lipinski definition) is 0. The van der Waals surface area contributed by atoms with Crippen molar-refractivity contribution in [3.05, 3.63) is 34.9 Å². The van der Waals surface area contributed by atoms with Crippen molar-refractivity contribution in [3.8, 4) is 0 Å². The standard InChI is InChI=1S/C11H14O2/c1-4-13-11(12)10-6-5-8(2)9(3)7-10/h5-7H,4H2,1-3H3. The highest BCUT2D eigenvalue weighted by molar-refractivity contribution is 5.89. The van der Waals surface area contributed by atoms with Crippen LogP contribution in [0.3, 0.4) is 0 Å². The summed E-state index contributed by atoms with van der Waals surface area (Å²) in [6.45, 7) is 6.23. The van der Waals surface area contributed by atoms with Crippen LogP contribution in [-0.4, -0.2) is 12.6 Å². The minimum absolute atomic E-state index is 0.245. The van der Waals surface area contributed by atoms with Crippen LogP contribution in [0.1, 0.15) is 28.4 Å². The maximum Gasteiger partial charge on any atom is 0.338 e. The molecule has 0 aliphatic rings. The molecule has 0 aliphatic heterocycles. The van der Waals surface area contributed by atoms with E-state index in [1.807, 2.05) is 26.0 Å². The Balaban J connectivity index is 2.90. The lowest BCUT2D eigenvalue weighted by atomic mass is 10.1. The summed E-state index contributed by atoms with van der Waals surface area (Å²) >= 11 is 0. The summed E-state index contributed by atoms with van der Waals surface area (Å²) in [7, 11) is 0. The Bertz CT molecular complexity index is 316. The van der Waals surface area contributed by atoms with Crippen LogP contribution < -0.4 is 0 Å². The minimum atomic E-state index is -0.245. The zero-order valence-corrected chi connectivity index (χ0v) is 8.26. The van der Waals surface area contributed by atoms with Gasteiger partial charge in [-0.25, -0.2) is 4.79 Å². The zero-order valence-electron chi connectivity index (χ0n) is 8.26. The quantitative estimate of drug-likeness (QED) is 0.650. The van der Waals surface area contributed by atoms with Gasteiger partial charge in [0.15, 0.2) is 0 Å². The lowest BCUT2D eigenvalue weighted by Gasteiger charge is -2.04. The van der Waals surface area contributed by atoms with Crippen LogP contribution in [0.25, 0.3) is 0 Å². The molecule has 0 N–H and O–H groups in total. The number of benzene rings is 1. The fraction of sp³-hybridized carbons (Fsp3) is 0.364. The van der Waals surface area contributed by atoms with Crippen LogP contribution >= 0.6 is 0 Å². The second-order valence-corrected chi connectivity index (χ2v) is 3.02. The first-order chi connectivity index (χ1) is 6.15. The molecule has 13 heavy (non-hydrogen) atoms. The van der Waals surface area contributed by atoms with Gasteiger partial charge in [0.1, 0.15) is 0 Å². The summed E-state index contributed by atoms with van der Waals surface area (Å²) in [4.78, 5) is 11.3. The Hall–Kier alpha value is -1.31. The number of hydrogen-bond acceptors (Lipinski definition) is 2. The summed E-state index contributed by atoms with van der Waals surface area (Å²) < 4.78 is 4.88. The number of esters is 1. The molecule has 0 unspecified atom stereocenters. The number of ether oxygens (including phenoxy) is 1. The average Bonchev–Trinajstić information content (AvgIpc) is 2.10. The summed E-state index contributed by atoms with van der Waals surface area (Å²) in [6, 6.07) is 5.58. The van der Waals surface area contributed by atoms with Crippen molar-refractivity contribution in [2.24, 2.45) is 0 Å². The van der Waals surface area contributed by atoms with Crippen LogP contribution in [0.4, 0.5) is 0 Å². The highest BCUT2D eigenvalue weighted by Gasteiger charge is 2.06. The Morgan fingerprint density at radius 1 is 1.31 bits per heavy atom. The third kappa shape index (κ3) is 2.31. The van der Waals surface area contributed by atoms with Crippen LogP contribution in [0.2, 0.25) is 0 Å². The van der Waals surface area contributed by atoms with Crippen LogP contribution in [-0.2, 0) is 4.74 Å². The van der Waals surface area contributed by atoms with Gasteiger partial charge in [-0.1, -0.05) is 6.07 Å². The van der Waals surface area contributed by atoms with Crippen LogP contribution in [0, 0.1) is 13.8 Å². The monoisotopic (exact) mass is 178 g/mol. The Morgan fingerprint density at radius 3 is 2.54 bits per heavy atom. The maximum absolute atomic E-state index is 11.3. The van der Waals surface area contributed by atoms with Gasteiger partial charge in [-0.3, -0.25) is 0 Å². The van der Waals surface area contributed by atoms with E-state index in [-0.39, 0.29) is 5.97 Å². The van der Waals surface area contributed by atoms with Gasteiger partial charge >= 0.3 is 5.97 Å². The van der Waals surface area contributed by atoms with Gasteiger partial charge in [-0.2, -0.15) is 0 Å². The molecule has 0 saturated heterocycles. The van der Waals surface area contributed by atoms with Crippen molar-refractivity contribution in [2.75, 3.05) is 6.61 Å². The fourth-order valence-electron chi connectivity index (χ4n) is 1.08. The second kappa shape index (κ2) is 4.08. The molecule has 0 atom stereocenters. The number of carbonyl (C=O) groups is 1. The molecular weight excluding hydrogens is 164 g/mol. The van der Waals surface area contributed by atoms with Crippen molar-refractivity contribution in [3.63, 3.8) is 0 Å². The molecule has 0 saturated carbocycles. The summed E-state index contributed by atoms with van der Waals surface area (Å²) in [5.41, 5.74) is 2.93. The first-order valence-electron chi connectivity index (χ1n) is 4.39. The van der Waals surface area contributed by atoms with Gasteiger partial charge in [-0.05, 0) is 44.0 Å². The van der Waals surface area contributed by atoms with Crippen LogP contribution in [0.5, 0.6) is 0 Å². The van der Waals surface area contributed by atoms with E-state index in [0.29, 0.717) is 12.2 Å². The third-order valence-corrected chi connectivity index (χ3v) is 2.02. The number of aryl methyl sites for hydroxylation is 2. The number of rotatable bonds is 2. The average molecular weight is 178 g/mol. The van der Waals surface area contributed by atoms with Gasteiger partial charge in [0, 0.05) is 0 Å². The Labute approximate surface area is 78.5 Å². The lowest BCUT2D eigenvalue weighted by molar-refractivity contribution is 0.0526. The van der Waals surface area contributed by atoms with Crippen molar-refractivity contribution in [1.82, 2.24) is 0 Å². The van der Waals surface area contributed by atoms with E-state index in [1.54, 1.807) is 13.0 Å². The molecule has 2 nitrogen and oxygen atoms in total. The summed E-state index contributed by atoms with van der Waals surface area (Å²) in [5, 5.41) is 0. The number of carbonyl (C=O) groups excluding carboxylic acids is 1. The van der Waals surface area contributed by atoms with Gasteiger partial charge < -0.3 is 4.74 Å². The second-order valence-electron chi connectivity index (χ2n) is 3.02. The molecule has 0 radical (unpaired) electrons. The minimum Gasteiger partial charge on any atom is -0.462 e. The molecule has 1 aromatic carbocycles. The Morgan fingerprint density at radius 2 is 2.00 bits per heavy atom. The smallest absolute Gasteiger partial charge is 0.338 e. The first kappa shape index (κ1) is 9.78. The predicted molar refractivity (Wildman–Crippen MR) is 51.9 cm³/mol. The van der Waals surface area contributed by atoms with Crippen molar-refractivity contribution in [2.45, 2.75) is 20.8 Å². The maximum atomic E-state index is 11.3. The van der Waals surface area contributed by atoms with E-state index in [0.717, 1.165) is 5.56 Å². The molecule has 0 fully saturated rings. The highest BCUT2D eigenvalue weighted by Crippen LogP contribution is 2.10. The molecule has 0 amide bonds. The molecule has 0 bridgehead atoms. The largest absolute Gasteiger partial charge is 0.462 e. The summed E-state index contributed by atoms with van der Waals surface area (Å²) in [5.74, 6) is -0.245. The van der Waals surface area contributed by atoms with E-state index < -0.39 is 0 Å². The van der Waals surface area contributed by atoms with E-state index in [2.05, 4.69) is 0 Å². The molecule has 0 aliphatic carbocycles. The zero-order chi connectivity index (χ0) is 9.84. The molecule has 0 aromatic heterocycles. The van der Waals surface area contributed by atoms with Crippen LogP contribution in [0.15, 0.2) is 18.2 Å². The third-order valence-electron chi connectivity index (χ3n) is 2.02. The molecule has 1 aromatic rings. The Kier molecular flexibility index (Phi) is 3.07. The molecule has 0 spiro atoms. The molecule has 0 heterocycles. The SMILES string of the molecule is CCOC(=O)c1ccc(C)c(C)c1. The first-order valence-corrected chi connectivity index (χ1v) is 4.39.